The van der Waals surface area contributed by atoms with Crippen molar-refractivity contribution < 1.29 is 9.53 Å². The van der Waals surface area contributed by atoms with Crippen molar-refractivity contribution in [1.29, 1.82) is 0 Å². The van der Waals surface area contributed by atoms with Crippen LogP contribution in [-0.4, -0.2) is 31.2 Å². The normalized spacial score (nSPS) is 35.8. The quantitative estimate of drug-likeness (QED) is 0.615. The standard InChI is InChI=1S/C9H16N2O2/c1-9(2-3-9)8(12)11-7-5-13-4-6(7)10/h6-7H,2-5,10H2,1H3,(H,11,12). The fraction of sp³-hybridized carbons (Fsp3) is 0.889. The van der Waals surface area contributed by atoms with Crippen LogP contribution >= 0.6 is 0 Å². The zero-order valence-corrected chi connectivity index (χ0v) is 7.88. The minimum Gasteiger partial charge on any atom is -0.378 e. The molecule has 0 aromatic heterocycles. The molecule has 2 aliphatic rings. The number of carbonyl (C=O) groups is 1. The third-order valence-electron chi connectivity index (χ3n) is 2.99. The summed E-state index contributed by atoms with van der Waals surface area (Å²) in [4.78, 5) is 11.6. The summed E-state index contributed by atoms with van der Waals surface area (Å²) in [5.74, 6) is 0.137. The monoisotopic (exact) mass is 184 g/mol. The van der Waals surface area contributed by atoms with Crippen LogP contribution < -0.4 is 11.1 Å². The highest BCUT2D eigenvalue weighted by Crippen LogP contribution is 2.45. The Balaban J connectivity index is 1.87. The highest BCUT2D eigenvalue weighted by atomic mass is 16.5. The molecule has 0 aromatic carbocycles. The van der Waals surface area contributed by atoms with Gasteiger partial charge in [-0.2, -0.15) is 0 Å². The van der Waals surface area contributed by atoms with Crippen LogP contribution in [0.4, 0.5) is 0 Å². The molecule has 13 heavy (non-hydrogen) atoms. The van der Waals surface area contributed by atoms with E-state index in [1.54, 1.807) is 0 Å². The molecular formula is C9H16N2O2. The Morgan fingerprint density at radius 1 is 1.54 bits per heavy atom. The predicted molar refractivity (Wildman–Crippen MR) is 48.1 cm³/mol. The van der Waals surface area contributed by atoms with E-state index in [-0.39, 0.29) is 23.4 Å². The molecule has 0 radical (unpaired) electrons. The summed E-state index contributed by atoms with van der Waals surface area (Å²) >= 11 is 0. The number of hydrogen-bond acceptors (Lipinski definition) is 3. The molecule has 1 aliphatic heterocycles. The van der Waals surface area contributed by atoms with Gasteiger partial charge in [-0.25, -0.2) is 0 Å². The van der Waals surface area contributed by atoms with Gasteiger partial charge >= 0.3 is 0 Å². The van der Waals surface area contributed by atoms with Crippen molar-refractivity contribution in [3.8, 4) is 0 Å². The lowest BCUT2D eigenvalue weighted by Gasteiger charge is -2.17. The predicted octanol–water partition coefficient (Wildman–Crippen LogP) is -0.371. The van der Waals surface area contributed by atoms with Crippen molar-refractivity contribution in [2.45, 2.75) is 31.8 Å². The first-order valence-electron chi connectivity index (χ1n) is 4.76. The second-order valence-corrected chi connectivity index (χ2v) is 4.34. The first-order chi connectivity index (χ1) is 6.12. The molecule has 1 saturated heterocycles. The second kappa shape index (κ2) is 2.96. The Labute approximate surface area is 77.8 Å². The van der Waals surface area contributed by atoms with Crippen LogP contribution in [0.5, 0.6) is 0 Å². The van der Waals surface area contributed by atoms with Crippen LogP contribution in [0.25, 0.3) is 0 Å². The molecule has 2 atom stereocenters. The lowest BCUT2D eigenvalue weighted by atomic mass is 10.1. The molecule has 0 spiro atoms. The van der Waals surface area contributed by atoms with Gasteiger partial charge < -0.3 is 15.8 Å². The van der Waals surface area contributed by atoms with Gasteiger partial charge in [0, 0.05) is 5.41 Å². The summed E-state index contributed by atoms with van der Waals surface area (Å²) in [5.41, 5.74) is 5.64. The van der Waals surface area contributed by atoms with E-state index >= 15 is 0 Å². The number of hydrogen-bond donors (Lipinski definition) is 2. The van der Waals surface area contributed by atoms with Gasteiger partial charge in [-0.05, 0) is 12.8 Å². The lowest BCUT2D eigenvalue weighted by Crippen LogP contribution is -2.48. The van der Waals surface area contributed by atoms with E-state index in [0.717, 1.165) is 12.8 Å². The third kappa shape index (κ3) is 1.69. The molecule has 4 nitrogen and oxygen atoms in total. The molecule has 2 fully saturated rings. The number of nitrogens with one attached hydrogen (secondary N) is 1. The van der Waals surface area contributed by atoms with Crippen LogP contribution in [0.1, 0.15) is 19.8 Å². The smallest absolute Gasteiger partial charge is 0.226 e. The van der Waals surface area contributed by atoms with Gasteiger partial charge in [-0.3, -0.25) is 4.79 Å². The highest BCUT2D eigenvalue weighted by molar-refractivity contribution is 5.85. The first kappa shape index (κ1) is 8.97. The highest BCUT2D eigenvalue weighted by Gasteiger charge is 2.46. The van der Waals surface area contributed by atoms with Gasteiger partial charge in [-0.15, -0.1) is 0 Å². The SMILES string of the molecule is CC1(C(=O)NC2COCC2N)CC1. The summed E-state index contributed by atoms with van der Waals surface area (Å²) in [6, 6.07) is -0.0174. The molecule has 1 aliphatic carbocycles. The van der Waals surface area contributed by atoms with Crippen molar-refractivity contribution >= 4 is 5.91 Å². The molecule has 1 heterocycles. The van der Waals surface area contributed by atoms with Crippen LogP contribution in [0.15, 0.2) is 0 Å². The van der Waals surface area contributed by atoms with E-state index in [9.17, 15) is 4.79 Å². The van der Waals surface area contributed by atoms with Gasteiger partial charge in [-0.1, -0.05) is 6.92 Å². The number of rotatable bonds is 2. The summed E-state index contributed by atoms with van der Waals surface area (Å²) < 4.78 is 5.16. The maximum absolute atomic E-state index is 11.6. The van der Waals surface area contributed by atoms with Gasteiger partial charge in [0.1, 0.15) is 0 Å². The summed E-state index contributed by atoms with van der Waals surface area (Å²) in [5, 5.41) is 2.94. The zero-order chi connectivity index (χ0) is 9.47. The maximum atomic E-state index is 11.6. The molecule has 3 N–H and O–H groups in total. The van der Waals surface area contributed by atoms with E-state index in [1.165, 1.54) is 0 Å². The largest absolute Gasteiger partial charge is 0.378 e. The number of nitrogens with two attached hydrogens (primary N) is 1. The van der Waals surface area contributed by atoms with Crippen LogP contribution in [0.3, 0.4) is 0 Å². The molecule has 2 rings (SSSR count). The third-order valence-corrected chi connectivity index (χ3v) is 2.99. The topological polar surface area (TPSA) is 64.3 Å². The number of ether oxygens (including phenoxy) is 1. The fourth-order valence-electron chi connectivity index (χ4n) is 1.48. The average Bonchev–Trinajstić information content (AvgIpc) is 2.72. The van der Waals surface area contributed by atoms with Gasteiger partial charge in [0.05, 0.1) is 25.3 Å². The summed E-state index contributed by atoms with van der Waals surface area (Å²) in [6.07, 6.45) is 2.00. The van der Waals surface area contributed by atoms with Gasteiger partial charge in [0.25, 0.3) is 0 Å². The van der Waals surface area contributed by atoms with Crippen molar-refractivity contribution in [2.24, 2.45) is 11.1 Å². The zero-order valence-electron chi connectivity index (χ0n) is 7.88. The minimum absolute atomic E-state index is 0.0184. The number of carbonyl (C=O) groups excluding carboxylic acids is 1. The first-order valence-corrected chi connectivity index (χ1v) is 4.76. The molecule has 0 bridgehead atoms. The van der Waals surface area contributed by atoms with E-state index in [1.807, 2.05) is 6.92 Å². The fourth-order valence-corrected chi connectivity index (χ4v) is 1.48. The average molecular weight is 184 g/mol. The van der Waals surface area contributed by atoms with Crippen LogP contribution in [-0.2, 0) is 9.53 Å². The van der Waals surface area contributed by atoms with E-state index < -0.39 is 0 Å². The molecule has 1 saturated carbocycles. The van der Waals surface area contributed by atoms with E-state index in [4.69, 9.17) is 10.5 Å². The van der Waals surface area contributed by atoms with Crippen molar-refractivity contribution in [3.05, 3.63) is 0 Å². The van der Waals surface area contributed by atoms with E-state index in [0.29, 0.717) is 13.2 Å². The Bertz CT molecular complexity index is 226. The van der Waals surface area contributed by atoms with Crippen LogP contribution in [0.2, 0.25) is 0 Å². The van der Waals surface area contributed by atoms with Crippen molar-refractivity contribution in [2.75, 3.05) is 13.2 Å². The number of amides is 1. The molecule has 4 heteroatoms. The van der Waals surface area contributed by atoms with Gasteiger partial charge in [0.2, 0.25) is 5.91 Å². The molecule has 2 unspecified atom stereocenters. The molecule has 1 amide bonds. The minimum atomic E-state index is -0.109. The maximum Gasteiger partial charge on any atom is 0.226 e. The van der Waals surface area contributed by atoms with Gasteiger partial charge in [0.15, 0.2) is 0 Å². The van der Waals surface area contributed by atoms with Crippen LogP contribution in [0, 0.1) is 5.41 Å². The molecular weight excluding hydrogens is 168 g/mol. The Kier molecular flexibility index (Phi) is 2.04. The molecule has 74 valence electrons. The second-order valence-electron chi connectivity index (χ2n) is 4.34. The van der Waals surface area contributed by atoms with Crippen molar-refractivity contribution in [1.82, 2.24) is 5.32 Å². The Morgan fingerprint density at radius 3 is 2.69 bits per heavy atom. The Morgan fingerprint density at radius 2 is 2.23 bits per heavy atom. The summed E-state index contributed by atoms with van der Waals surface area (Å²) in [6.45, 7) is 3.11. The molecule has 0 aromatic rings. The van der Waals surface area contributed by atoms with Crippen molar-refractivity contribution in [3.63, 3.8) is 0 Å². The lowest BCUT2D eigenvalue weighted by molar-refractivity contribution is -0.126. The Hall–Kier alpha value is -0.610. The van der Waals surface area contributed by atoms with E-state index in [2.05, 4.69) is 5.32 Å². The summed E-state index contributed by atoms with van der Waals surface area (Å²) in [7, 11) is 0.